The molecule has 0 aromatic heterocycles. The second-order valence-electron chi connectivity index (χ2n) is 9.92. The Bertz CT molecular complexity index is 975. The van der Waals surface area contributed by atoms with Gasteiger partial charge in [-0.2, -0.15) is 0 Å². The number of ether oxygens (including phenoxy) is 1. The quantitative estimate of drug-likeness (QED) is 0.482. The zero-order valence-corrected chi connectivity index (χ0v) is 21.2. The monoisotopic (exact) mass is 477 g/mol. The molecule has 0 radical (unpaired) electrons. The molecule has 1 amide bonds. The van der Waals surface area contributed by atoms with Gasteiger partial charge in [-0.1, -0.05) is 24.3 Å². The number of carbonyl (C=O) groups is 2. The second-order valence-corrected chi connectivity index (χ2v) is 9.92. The Morgan fingerprint density at radius 3 is 2.17 bits per heavy atom. The van der Waals surface area contributed by atoms with Gasteiger partial charge in [0.2, 0.25) is 0 Å². The lowest BCUT2D eigenvalue weighted by molar-refractivity contribution is 0.0724. The van der Waals surface area contributed by atoms with Crippen LogP contribution in [0.2, 0.25) is 0 Å². The molecule has 0 N–H and O–H groups in total. The molecule has 2 heterocycles. The number of amides is 1. The SMILES string of the molecule is CC(C)Oc1ccccc1N1CCN(CCCC(=O)c2ccc(C(=O)N3CCCCC3)cc2)CC1. The van der Waals surface area contributed by atoms with Crippen LogP contribution in [0.4, 0.5) is 5.69 Å². The van der Waals surface area contributed by atoms with E-state index in [1.54, 1.807) is 0 Å². The average molecular weight is 478 g/mol. The lowest BCUT2D eigenvalue weighted by Crippen LogP contribution is -2.46. The first kappa shape index (κ1) is 25.2. The van der Waals surface area contributed by atoms with E-state index in [-0.39, 0.29) is 17.8 Å². The minimum absolute atomic E-state index is 0.0845. The summed E-state index contributed by atoms with van der Waals surface area (Å²) in [7, 11) is 0. The van der Waals surface area contributed by atoms with E-state index in [1.807, 2.05) is 41.3 Å². The molecular weight excluding hydrogens is 438 g/mol. The Balaban J connectivity index is 1.20. The molecule has 35 heavy (non-hydrogen) atoms. The fraction of sp³-hybridized carbons (Fsp3) is 0.517. The van der Waals surface area contributed by atoms with E-state index < -0.39 is 0 Å². The van der Waals surface area contributed by atoms with Gasteiger partial charge < -0.3 is 14.5 Å². The average Bonchev–Trinajstić information content (AvgIpc) is 2.89. The van der Waals surface area contributed by atoms with Crippen LogP contribution in [-0.4, -0.2) is 73.4 Å². The second kappa shape index (κ2) is 12.2. The maximum atomic E-state index is 12.7. The number of carbonyl (C=O) groups excluding carboxylic acids is 2. The largest absolute Gasteiger partial charge is 0.489 e. The fourth-order valence-corrected chi connectivity index (χ4v) is 4.97. The van der Waals surface area contributed by atoms with Crippen molar-refractivity contribution in [1.82, 2.24) is 9.80 Å². The van der Waals surface area contributed by atoms with Crippen LogP contribution in [0, 0.1) is 0 Å². The minimum atomic E-state index is 0.0845. The maximum absolute atomic E-state index is 12.7. The number of hydrogen-bond donors (Lipinski definition) is 0. The topological polar surface area (TPSA) is 53.1 Å². The van der Waals surface area contributed by atoms with Crippen LogP contribution in [0.1, 0.15) is 66.7 Å². The van der Waals surface area contributed by atoms with Gasteiger partial charge in [-0.15, -0.1) is 0 Å². The van der Waals surface area contributed by atoms with E-state index in [9.17, 15) is 9.59 Å². The van der Waals surface area contributed by atoms with Crippen LogP contribution in [0.15, 0.2) is 48.5 Å². The third-order valence-electron chi connectivity index (χ3n) is 6.92. The third kappa shape index (κ3) is 6.85. The normalized spacial score (nSPS) is 17.0. The van der Waals surface area contributed by atoms with Crippen LogP contribution in [0.3, 0.4) is 0 Å². The van der Waals surface area contributed by atoms with Crippen molar-refractivity contribution in [3.05, 3.63) is 59.7 Å². The lowest BCUT2D eigenvalue weighted by atomic mass is 10.0. The number of nitrogens with zero attached hydrogens (tertiary/aromatic N) is 3. The van der Waals surface area contributed by atoms with E-state index in [2.05, 4.69) is 35.8 Å². The third-order valence-corrected chi connectivity index (χ3v) is 6.92. The first-order valence-corrected chi connectivity index (χ1v) is 13.2. The van der Waals surface area contributed by atoms with Crippen LogP contribution in [0.25, 0.3) is 0 Å². The molecule has 0 saturated carbocycles. The summed E-state index contributed by atoms with van der Waals surface area (Å²) in [4.78, 5) is 32.1. The molecule has 2 fully saturated rings. The van der Waals surface area contributed by atoms with Crippen molar-refractivity contribution < 1.29 is 14.3 Å². The number of benzene rings is 2. The van der Waals surface area contributed by atoms with Crippen molar-refractivity contribution in [2.24, 2.45) is 0 Å². The van der Waals surface area contributed by atoms with Gasteiger partial charge in [-0.05, 0) is 70.3 Å². The van der Waals surface area contributed by atoms with E-state index in [0.29, 0.717) is 17.5 Å². The molecule has 0 aliphatic carbocycles. The lowest BCUT2D eigenvalue weighted by Gasteiger charge is -2.36. The Morgan fingerprint density at radius 2 is 1.49 bits per heavy atom. The number of hydrogen-bond acceptors (Lipinski definition) is 5. The van der Waals surface area contributed by atoms with Gasteiger partial charge in [0.25, 0.3) is 5.91 Å². The molecule has 0 atom stereocenters. The number of ketones is 1. The Hall–Kier alpha value is -2.86. The number of piperazine rings is 1. The highest BCUT2D eigenvalue weighted by molar-refractivity contribution is 5.98. The summed E-state index contributed by atoms with van der Waals surface area (Å²) >= 11 is 0. The van der Waals surface area contributed by atoms with Gasteiger partial charge in [0, 0.05) is 56.8 Å². The highest BCUT2D eigenvalue weighted by Crippen LogP contribution is 2.29. The predicted octanol–water partition coefficient (Wildman–Crippen LogP) is 4.89. The molecular formula is C29H39N3O3. The fourth-order valence-electron chi connectivity index (χ4n) is 4.97. The molecule has 0 unspecified atom stereocenters. The van der Waals surface area contributed by atoms with E-state index in [1.165, 1.54) is 12.1 Å². The Labute approximate surface area is 209 Å². The summed E-state index contributed by atoms with van der Waals surface area (Å²) in [6.45, 7) is 10.6. The maximum Gasteiger partial charge on any atom is 0.253 e. The summed E-state index contributed by atoms with van der Waals surface area (Å²) < 4.78 is 6.00. The summed E-state index contributed by atoms with van der Waals surface area (Å²) in [5.41, 5.74) is 2.55. The number of anilines is 1. The van der Waals surface area contributed by atoms with Gasteiger partial charge in [-0.25, -0.2) is 0 Å². The molecule has 0 spiro atoms. The van der Waals surface area contributed by atoms with Crippen LogP contribution in [-0.2, 0) is 0 Å². The van der Waals surface area contributed by atoms with E-state index in [0.717, 1.165) is 70.8 Å². The van der Waals surface area contributed by atoms with Crippen LogP contribution in [0.5, 0.6) is 5.75 Å². The zero-order chi connectivity index (χ0) is 24.6. The zero-order valence-electron chi connectivity index (χ0n) is 21.2. The van der Waals surface area contributed by atoms with Crippen LogP contribution >= 0.6 is 0 Å². The molecule has 4 rings (SSSR count). The van der Waals surface area contributed by atoms with E-state index in [4.69, 9.17) is 4.74 Å². The molecule has 6 heteroatoms. The molecule has 6 nitrogen and oxygen atoms in total. The number of Topliss-reactive ketones (excluding diaryl/α,β-unsaturated/α-hetero) is 1. The number of piperidine rings is 1. The van der Waals surface area contributed by atoms with Gasteiger partial charge in [0.1, 0.15) is 5.75 Å². The summed E-state index contributed by atoms with van der Waals surface area (Å²) in [6.07, 6.45) is 4.90. The molecule has 2 aliphatic rings. The summed E-state index contributed by atoms with van der Waals surface area (Å²) in [5, 5.41) is 0. The summed E-state index contributed by atoms with van der Waals surface area (Å²) in [5.74, 6) is 1.19. The molecule has 2 aromatic carbocycles. The summed E-state index contributed by atoms with van der Waals surface area (Å²) in [6, 6.07) is 15.5. The van der Waals surface area contributed by atoms with E-state index >= 15 is 0 Å². The van der Waals surface area contributed by atoms with Crippen molar-refractivity contribution in [3.63, 3.8) is 0 Å². The molecule has 188 valence electrons. The van der Waals surface area contributed by atoms with Crippen molar-refractivity contribution in [1.29, 1.82) is 0 Å². The van der Waals surface area contributed by atoms with Gasteiger partial charge in [-0.3, -0.25) is 14.5 Å². The van der Waals surface area contributed by atoms with Crippen molar-refractivity contribution in [2.45, 2.75) is 52.1 Å². The number of likely N-dealkylation sites (tertiary alicyclic amines) is 1. The van der Waals surface area contributed by atoms with Gasteiger partial charge in [0.05, 0.1) is 11.8 Å². The molecule has 2 saturated heterocycles. The van der Waals surface area contributed by atoms with Crippen molar-refractivity contribution in [3.8, 4) is 5.75 Å². The van der Waals surface area contributed by atoms with Gasteiger partial charge >= 0.3 is 0 Å². The van der Waals surface area contributed by atoms with Crippen molar-refractivity contribution in [2.75, 3.05) is 50.7 Å². The van der Waals surface area contributed by atoms with Crippen molar-refractivity contribution >= 4 is 17.4 Å². The molecule has 2 aliphatic heterocycles. The number of rotatable bonds is 9. The minimum Gasteiger partial charge on any atom is -0.489 e. The molecule has 0 bridgehead atoms. The Kier molecular flexibility index (Phi) is 8.80. The highest BCUT2D eigenvalue weighted by Gasteiger charge is 2.21. The number of para-hydroxylation sites is 2. The van der Waals surface area contributed by atoms with Crippen LogP contribution < -0.4 is 9.64 Å². The highest BCUT2D eigenvalue weighted by atomic mass is 16.5. The predicted molar refractivity (Wildman–Crippen MR) is 141 cm³/mol. The Morgan fingerprint density at radius 1 is 0.829 bits per heavy atom. The standard InChI is InChI=1S/C29H39N3O3/c1-23(2)35-28-11-5-4-9-26(28)31-21-19-30(20-22-31)16-8-10-27(33)24-12-14-25(15-13-24)29(34)32-17-6-3-7-18-32/h4-5,9,11-15,23H,3,6-8,10,16-22H2,1-2H3. The first-order valence-electron chi connectivity index (χ1n) is 13.2. The first-order chi connectivity index (χ1) is 17.0. The smallest absolute Gasteiger partial charge is 0.253 e. The molecule has 2 aromatic rings. The van der Waals surface area contributed by atoms with Gasteiger partial charge in [0.15, 0.2) is 5.78 Å².